The molecule has 43 heavy (non-hydrogen) atoms. The lowest BCUT2D eigenvalue weighted by molar-refractivity contribution is -0.121. The number of carbonyl (C=O) groups excluding carboxylic acids is 2. The largest absolute Gasteiger partial charge is 0.508 e. The first-order valence-electron chi connectivity index (χ1n) is 13.3. The summed E-state index contributed by atoms with van der Waals surface area (Å²) >= 11 is 0. The summed E-state index contributed by atoms with van der Waals surface area (Å²) in [6, 6.07) is 10.4. The number of hydrogen-bond acceptors (Lipinski definition) is 9. The first-order chi connectivity index (χ1) is 20.1. The van der Waals surface area contributed by atoms with Gasteiger partial charge in [0, 0.05) is 35.5 Å². The summed E-state index contributed by atoms with van der Waals surface area (Å²) in [5.41, 5.74) is 0.438. The molecule has 0 fully saturated rings. The van der Waals surface area contributed by atoms with Gasteiger partial charge in [0.2, 0.25) is 5.91 Å². The minimum atomic E-state index is -1.35. The molecule has 14 nitrogen and oxygen atoms in total. The predicted octanol–water partition coefficient (Wildman–Crippen LogP) is 3.69. The first kappa shape index (κ1) is 32.1. The van der Waals surface area contributed by atoms with Crippen molar-refractivity contribution >= 4 is 35.4 Å². The van der Waals surface area contributed by atoms with E-state index >= 15 is 0 Å². The van der Waals surface area contributed by atoms with Crippen LogP contribution in [-0.4, -0.2) is 55.3 Å². The Morgan fingerprint density at radius 2 is 1.77 bits per heavy atom. The summed E-state index contributed by atoms with van der Waals surface area (Å²) in [5, 5.41) is 37.1. The third-order valence-electron chi connectivity index (χ3n) is 5.60. The molecule has 0 aliphatic carbocycles. The molecule has 0 aliphatic rings. The Kier molecular flexibility index (Phi) is 10.1. The van der Waals surface area contributed by atoms with E-state index in [4.69, 9.17) is 15.3 Å². The zero-order chi connectivity index (χ0) is 31.9. The molecule has 3 aromatic rings. The molecule has 0 spiro atoms. The molecular formula is C29H35N7O7. The van der Waals surface area contributed by atoms with Crippen LogP contribution < -0.4 is 26.8 Å². The highest BCUT2D eigenvalue weighted by Gasteiger charge is 2.19. The lowest BCUT2D eigenvalue weighted by atomic mass is 10.1. The van der Waals surface area contributed by atoms with E-state index in [-0.39, 0.29) is 47.9 Å². The van der Waals surface area contributed by atoms with Crippen molar-refractivity contribution in [3.63, 3.8) is 0 Å². The molecule has 0 atom stereocenters. The highest BCUT2D eigenvalue weighted by molar-refractivity contribution is 6.04. The van der Waals surface area contributed by atoms with Crippen LogP contribution in [0.5, 0.6) is 5.75 Å². The number of carbonyl (C=O) groups is 3. The molecule has 3 amide bonds. The number of hydrogen-bond donors (Lipinski definition) is 7. The van der Waals surface area contributed by atoms with Crippen molar-refractivity contribution in [2.75, 3.05) is 10.6 Å². The molecule has 2 aromatic carbocycles. The van der Waals surface area contributed by atoms with Gasteiger partial charge in [-0.05, 0) is 52.3 Å². The van der Waals surface area contributed by atoms with E-state index in [2.05, 4.69) is 20.9 Å². The summed E-state index contributed by atoms with van der Waals surface area (Å²) in [5.74, 6) is -0.949. The number of benzene rings is 2. The fraction of sp³-hybridized carbons (Fsp3) is 0.310. The van der Waals surface area contributed by atoms with Crippen LogP contribution in [0.2, 0.25) is 0 Å². The standard InChI is InChI=1S/C29H35N7O7/c1-16(2)33-25-26(39)36(15-23(38)31-13-17-6-8-18(9-7-17)24(30)35-27(40)41)22(14-32-25)19-10-20(12-21(37)11-19)34-28(42)43-29(3,4)5/h6-12,14,16,37H,13,15H2,1-5H3,(H2,30,35)(H,31,38)(H,32,33)(H,34,42)(H,40,41). The highest BCUT2D eigenvalue weighted by Crippen LogP contribution is 2.28. The number of phenolic OH excluding ortho intramolecular Hbond substituents is 1. The minimum Gasteiger partial charge on any atom is -0.508 e. The molecule has 14 heteroatoms. The maximum Gasteiger partial charge on any atom is 0.412 e. The van der Waals surface area contributed by atoms with Crippen LogP contribution in [0.25, 0.3) is 11.3 Å². The van der Waals surface area contributed by atoms with Crippen molar-refractivity contribution in [2.24, 2.45) is 0 Å². The Morgan fingerprint density at radius 3 is 2.37 bits per heavy atom. The molecule has 1 heterocycles. The van der Waals surface area contributed by atoms with E-state index in [1.807, 2.05) is 19.2 Å². The fourth-order valence-corrected chi connectivity index (χ4v) is 3.87. The summed E-state index contributed by atoms with van der Waals surface area (Å²) in [4.78, 5) is 53.7. The average molecular weight is 594 g/mol. The number of amides is 3. The number of anilines is 2. The number of phenols is 1. The molecule has 3 rings (SSSR count). The Balaban J connectivity index is 1.86. The van der Waals surface area contributed by atoms with Gasteiger partial charge in [-0.25, -0.2) is 14.6 Å². The fourth-order valence-electron chi connectivity index (χ4n) is 3.87. The van der Waals surface area contributed by atoms with Gasteiger partial charge in [-0.3, -0.25) is 30.2 Å². The zero-order valence-electron chi connectivity index (χ0n) is 24.4. The Morgan fingerprint density at radius 1 is 1.09 bits per heavy atom. The van der Waals surface area contributed by atoms with Gasteiger partial charge in [-0.1, -0.05) is 24.3 Å². The summed E-state index contributed by atoms with van der Waals surface area (Å²) in [6.07, 6.45) is -0.692. The number of nitrogens with zero attached hydrogens (tertiary/aromatic N) is 2. The SMILES string of the molecule is CC(C)Nc1ncc(-c2cc(O)cc(NC(=O)OC(C)(C)C)c2)n(CC(=O)NCc2ccc(C(=N)NC(=O)O)cc2)c1=O. The third-order valence-corrected chi connectivity index (χ3v) is 5.60. The third kappa shape index (κ3) is 9.59. The van der Waals surface area contributed by atoms with E-state index in [1.54, 1.807) is 45.0 Å². The van der Waals surface area contributed by atoms with Crippen molar-refractivity contribution in [3.8, 4) is 17.0 Å². The summed E-state index contributed by atoms with van der Waals surface area (Å²) < 4.78 is 6.48. The van der Waals surface area contributed by atoms with Gasteiger partial charge in [-0.2, -0.15) is 0 Å². The monoisotopic (exact) mass is 593 g/mol. The molecular weight excluding hydrogens is 558 g/mol. The van der Waals surface area contributed by atoms with Crippen molar-refractivity contribution in [1.29, 1.82) is 5.41 Å². The second kappa shape index (κ2) is 13.5. The maximum absolute atomic E-state index is 13.4. The number of ether oxygens (including phenoxy) is 1. The second-order valence-electron chi connectivity index (χ2n) is 10.9. The molecule has 0 radical (unpaired) electrons. The van der Waals surface area contributed by atoms with Crippen LogP contribution in [0.1, 0.15) is 45.7 Å². The highest BCUT2D eigenvalue weighted by atomic mass is 16.6. The van der Waals surface area contributed by atoms with E-state index in [0.29, 0.717) is 16.7 Å². The van der Waals surface area contributed by atoms with E-state index in [0.717, 1.165) is 0 Å². The number of amidine groups is 1. The van der Waals surface area contributed by atoms with Gasteiger partial charge in [0.15, 0.2) is 5.82 Å². The molecule has 1 aromatic heterocycles. The Labute approximate surface area is 247 Å². The molecule has 0 saturated carbocycles. The first-order valence-corrected chi connectivity index (χ1v) is 13.3. The van der Waals surface area contributed by atoms with Gasteiger partial charge in [0.05, 0.1) is 11.9 Å². The Bertz CT molecular complexity index is 1580. The quantitative estimate of drug-likeness (QED) is 0.142. The van der Waals surface area contributed by atoms with E-state index in [9.17, 15) is 24.3 Å². The molecule has 7 N–H and O–H groups in total. The summed E-state index contributed by atoms with van der Waals surface area (Å²) in [6.45, 7) is 8.51. The smallest absolute Gasteiger partial charge is 0.412 e. The van der Waals surface area contributed by atoms with Gasteiger partial charge in [0.1, 0.15) is 23.7 Å². The molecule has 228 valence electrons. The van der Waals surface area contributed by atoms with Gasteiger partial charge >= 0.3 is 12.2 Å². The molecule has 0 saturated heterocycles. The van der Waals surface area contributed by atoms with Crippen LogP contribution >= 0.6 is 0 Å². The van der Waals surface area contributed by atoms with Crippen LogP contribution in [0.15, 0.2) is 53.5 Å². The number of carboxylic acid groups (broad SMARTS) is 1. The lowest BCUT2D eigenvalue weighted by Gasteiger charge is -2.20. The van der Waals surface area contributed by atoms with Crippen LogP contribution in [0, 0.1) is 5.41 Å². The minimum absolute atomic E-state index is 0.0341. The molecule has 0 bridgehead atoms. The molecule has 0 aliphatic heterocycles. The van der Waals surface area contributed by atoms with E-state index in [1.165, 1.54) is 29.0 Å². The van der Waals surface area contributed by atoms with Crippen LogP contribution in [-0.2, 0) is 22.6 Å². The topological polar surface area (TPSA) is 208 Å². The number of nitrogens with one attached hydrogen (secondary N) is 5. The lowest BCUT2D eigenvalue weighted by Crippen LogP contribution is -2.35. The zero-order valence-corrected chi connectivity index (χ0v) is 24.4. The Hall–Kier alpha value is -5.40. The second-order valence-corrected chi connectivity index (χ2v) is 10.9. The van der Waals surface area contributed by atoms with Crippen molar-refractivity contribution in [3.05, 3.63) is 70.1 Å². The van der Waals surface area contributed by atoms with Crippen LogP contribution in [0.3, 0.4) is 0 Å². The maximum atomic E-state index is 13.4. The van der Waals surface area contributed by atoms with Crippen LogP contribution in [0.4, 0.5) is 21.1 Å². The van der Waals surface area contributed by atoms with E-state index < -0.39 is 29.3 Å². The van der Waals surface area contributed by atoms with Crippen molar-refractivity contribution in [1.82, 2.24) is 20.2 Å². The predicted molar refractivity (Wildman–Crippen MR) is 160 cm³/mol. The summed E-state index contributed by atoms with van der Waals surface area (Å²) in [7, 11) is 0. The number of aromatic nitrogens is 2. The average Bonchev–Trinajstić information content (AvgIpc) is 2.88. The van der Waals surface area contributed by atoms with Gasteiger partial charge in [0.25, 0.3) is 5.56 Å². The molecule has 0 unspecified atom stereocenters. The normalized spacial score (nSPS) is 11.0. The van der Waals surface area contributed by atoms with Crippen molar-refractivity contribution < 1.29 is 29.3 Å². The number of rotatable bonds is 9. The van der Waals surface area contributed by atoms with Gasteiger partial charge < -0.3 is 25.6 Å². The van der Waals surface area contributed by atoms with Gasteiger partial charge in [-0.15, -0.1) is 0 Å². The van der Waals surface area contributed by atoms with Crippen molar-refractivity contribution in [2.45, 2.75) is 59.4 Å². The number of aromatic hydroxyl groups is 1.